The molecule has 1 aromatic carbocycles. The van der Waals surface area contributed by atoms with Crippen LogP contribution in [0.5, 0.6) is 0 Å². The van der Waals surface area contributed by atoms with Crippen molar-refractivity contribution in [3.63, 3.8) is 0 Å². The molecule has 6 heteroatoms. The van der Waals surface area contributed by atoms with Gasteiger partial charge in [-0.25, -0.2) is 4.98 Å². The third-order valence-electron chi connectivity index (χ3n) is 2.57. The van der Waals surface area contributed by atoms with Crippen LogP contribution in [0.3, 0.4) is 0 Å². The quantitative estimate of drug-likeness (QED) is 0.911. The van der Waals surface area contributed by atoms with E-state index in [1.54, 1.807) is 19.2 Å². The Hall–Kier alpha value is -1.36. The lowest BCUT2D eigenvalue weighted by Crippen LogP contribution is -2.16. The maximum atomic E-state index is 11.5. The molecule has 0 saturated carbocycles. The number of aromatic amines is 1. The average molecular weight is 298 g/mol. The summed E-state index contributed by atoms with van der Waals surface area (Å²) < 4.78 is 0. The lowest BCUT2D eigenvalue weighted by Gasteiger charge is -2.06. The minimum Gasteiger partial charge on any atom is -0.314 e. The van der Waals surface area contributed by atoms with Gasteiger partial charge in [-0.2, -0.15) is 0 Å². The highest BCUT2D eigenvalue weighted by molar-refractivity contribution is 6.35. The first kappa shape index (κ1) is 14.1. The van der Waals surface area contributed by atoms with Gasteiger partial charge in [-0.05, 0) is 24.7 Å². The van der Waals surface area contributed by atoms with Crippen LogP contribution in [0.2, 0.25) is 10.0 Å². The molecule has 0 aliphatic carbocycles. The van der Waals surface area contributed by atoms with E-state index in [0.717, 1.165) is 5.56 Å². The van der Waals surface area contributed by atoms with Crippen LogP contribution in [0.25, 0.3) is 0 Å². The molecule has 0 fully saturated rings. The fourth-order valence-electron chi connectivity index (χ4n) is 1.76. The summed E-state index contributed by atoms with van der Waals surface area (Å²) in [5.41, 5.74) is 1.41. The molecule has 4 nitrogen and oxygen atoms in total. The van der Waals surface area contributed by atoms with Crippen molar-refractivity contribution in [2.75, 3.05) is 7.05 Å². The topological polar surface area (TPSA) is 57.8 Å². The fourth-order valence-corrected chi connectivity index (χ4v) is 2.24. The van der Waals surface area contributed by atoms with Crippen LogP contribution in [0.4, 0.5) is 0 Å². The standard InChI is InChI=1S/C13H13Cl2N3O/c1-16-7-10-6-13(19)18-12(17-10)4-8-2-3-9(14)5-11(8)15/h2-3,5-6,16H,4,7H2,1H3,(H,17,18,19). The van der Waals surface area contributed by atoms with Crippen LogP contribution in [-0.2, 0) is 13.0 Å². The molecular formula is C13H13Cl2N3O. The summed E-state index contributed by atoms with van der Waals surface area (Å²) in [6, 6.07) is 6.74. The molecule has 0 unspecified atom stereocenters. The zero-order valence-electron chi connectivity index (χ0n) is 10.3. The fraction of sp³-hybridized carbons (Fsp3) is 0.231. The highest BCUT2D eigenvalue weighted by atomic mass is 35.5. The second-order valence-corrected chi connectivity index (χ2v) is 4.97. The number of hydrogen-bond donors (Lipinski definition) is 2. The maximum absolute atomic E-state index is 11.5. The van der Waals surface area contributed by atoms with Gasteiger partial charge in [0, 0.05) is 29.1 Å². The average Bonchev–Trinajstić information content (AvgIpc) is 2.32. The van der Waals surface area contributed by atoms with Gasteiger partial charge in [0.15, 0.2) is 0 Å². The molecule has 0 saturated heterocycles. The maximum Gasteiger partial charge on any atom is 0.251 e. The summed E-state index contributed by atoms with van der Waals surface area (Å²) in [5.74, 6) is 0.585. The van der Waals surface area contributed by atoms with Crippen molar-refractivity contribution < 1.29 is 0 Å². The predicted octanol–water partition coefficient (Wildman–Crippen LogP) is 2.39. The normalized spacial score (nSPS) is 10.7. The van der Waals surface area contributed by atoms with E-state index in [4.69, 9.17) is 23.2 Å². The van der Waals surface area contributed by atoms with E-state index >= 15 is 0 Å². The summed E-state index contributed by atoms with van der Waals surface area (Å²) >= 11 is 11.9. The van der Waals surface area contributed by atoms with Gasteiger partial charge in [0.2, 0.25) is 0 Å². The van der Waals surface area contributed by atoms with Crippen LogP contribution in [0, 0.1) is 0 Å². The largest absolute Gasteiger partial charge is 0.314 e. The summed E-state index contributed by atoms with van der Waals surface area (Å²) in [5, 5.41) is 4.11. The smallest absolute Gasteiger partial charge is 0.251 e. The summed E-state index contributed by atoms with van der Waals surface area (Å²) in [4.78, 5) is 18.6. The molecular weight excluding hydrogens is 285 g/mol. The van der Waals surface area contributed by atoms with Gasteiger partial charge in [-0.15, -0.1) is 0 Å². The van der Waals surface area contributed by atoms with Crippen molar-refractivity contribution in [2.45, 2.75) is 13.0 Å². The molecule has 0 spiro atoms. The number of H-pyrrole nitrogens is 1. The van der Waals surface area contributed by atoms with Gasteiger partial charge in [0.1, 0.15) is 5.82 Å². The first-order chi connectivity index (χ1) is 9.08. The Morgan fingerprint density at radius 2 is 2.11 bits per heavy atom. The van der Waals surface area contributed by atoms with Crippen molar-refractivity contribution >= 4 is 23.2 Å². The highest BCUT2D eigenvalue weighted by Crippen LogP contribution is 2.22. The molecule has 0 atom stereocenters. The van der Waals surface area contributed by atoms with Gasteiger partial charge in [-0.1, -0.05) is 29.3 Å². The summed E-state index contributed by atoms with van der Waals surface area (Å²) in [7, 11) is 1.80. The van der Waals surface area contributed by atoms with E-state index in [1.807, 2.05) is 6.07 Å². The molecule has 0 radical (unpaired) electrons. The van der Waals surface area contributed by atoms with Crippen molar-refractivity contribution in [3.05, 3.63) is 61.7 Å². The molecule has 1 aromatic heterocycles. The number of aromatic nitrogens is 2. The Kier molecular flexibility index (Phi) is 4.58. The predicted molar refractivity (Wildman–Crippen MR) is 76.9 cm³/mol. The van der Waals surface area contributed by atoms with E-state index in [9.17, 15) is 4.79 Å². The Labute approximate surface area is 120 Å². The molecule has 1 heterocycles. The van der Waals surface area contributed by atoms with Gasteiger partial charge in [0.25, 0.3) is 5.56 Å². The molecule has 0 aliphatic rings. The lowest BCUT2D eigenvalue weighted by atomic mass is 10.1. The van der Waals surface area contributed by atoms with E-state index in [1.165, 1.54) is 6.07 Å². The van der Waals surface area contributed by atoms with Crippen LogP contribution >= 0.6 is 23.2 Å². The summed E-state index contributed by atoms with van der Waals surface area (Å²) in [6.07, 6.45) is 0.461. The van der Waals surface area contributed by atoms with Crippen molar-refractivity contribution in [3.8, 4) is 0 Å². The van der Waals surface area contributed by atoms with E-state index in [-0.39, 0.29) is 5.56 Å². The van der Waals surface area contributed by atoms with Gasteiger partial charge < -0.3 is 10.3 Å². The minimum atomic E-state index is -0.166. The Balaban J connectivity index is 2.30. The molecule has 2 rings (SSSR count). The first-order valence-electron chi connectivity index (χ1n) is 5.76. The van der Waals surface area contributed by atoms with Gasteiger partial charge >= 0.3 is 0 Å². The molecule has 0 bridgehead atoms. The number of benzene rings is 1. The second kappa shape index (κ2) is 6.19. The molecule has 0 aliphatic heterocycles. The van der Waals surface area contributed by atoms with Crippen molar-refractivity contribution in [1.82, 2.24) is 15.3 Å². The number of rotatable bonds is 4. The third kappa shape index (κ3) is 3.80. The Morgan fingerprint density at radius 1 is 1.32 bits per heavy atom. The van der Waals surface area contributed by atoms with E-state index in [0.29, 0.717) is 34.5 Å². The zero-order valence-corrected chi connectivity index (χ0v) is 11.8. The first-order valence-corrected chi connectivity index (χ1v) is 6.51. The molecule has 100 valence electrons. The molecule has 2 N–H and O–H groups in total. The zero-order chi connectivity index (χ0) is 13.8. The van der Waals surface area contributed by atoms with Crippen molar-refractivity contribution in [1.29, 1.82) is 0 Å². The second-order valence-electron chi connectivity index (χ2n) is 4.13. The monoisotopic (exact) mass is 297 g/mol. The highest BCUT2D eigenvalue weighted by Gasteiger charge is 2.06. The third-order valence-corrected chi connectivity index (χ3v) is 3.16. The van der Waals surface area contributed by atoms with Crippen LogP contribution in [-0.4, -0.2) is 17.0 Å². The van der Waals surface area contributed by atoms with Crippen LogP contribution in [0.1, 0.15) is 17.1 Å². The number of nitrogens with one attached hydrogen (secondary N) is 2. The van der Waals surface area contributed by atoms with Crippen molar-refractivity contribution in [2.24, 2.45) is 0 Å². The number of hydrogen-bond acceptors (Lipinski definition) is 3. The van der Waals surface area contributed by atoms with Crippen LogP contribution in [0.15, 0.2) is 29.1 Å². The lowest BCUT2D eigenvalue weighted by molar-refractivity contribution is 0.767. The van der Waals surface area contributed by atoms with E-state index in [2.05, 4.69) is 15.3 Å². The molecule has 19 heavy (non-hydrogen) atoms. The summed E-state index contributed by atoms with van der Waals surface area (Å²) in [6.45, 7) is 0.547. The van der Waals surface area contributed by atoms with Crippen LogP contribution < -0.4 is 10.9 Å². The van der Waals surface area contributed by atoms with Gasteiger partial charge in [0.05, 0.1) is 5.69 Å². The Bertz CT molecular complexity index is 640. The SMILES string of the molecule is CNCc1cc(=O)[nH]c(Cc2ccc(Cl)cc2Cl)n1. The number of halogens is 2. The van der Waals surface area contributed by atoms with E-state index < -0.39 is 0 Å². The Morgan fingerprint density at radius 3 is 2.79 bits per heavy atom. The van der Waals surface area contributed by atoms with Gasteiger partial charge in [-0.3, -0.25) is 4.79 Å². The minimum absolute atomic E-state index is 0.166. The number of nitrogens with zero attached hydrogens (tertiary/aromatic N) is 1. The molecule has 2 aromatic rings. The molecule has 0 amide bonds.